The van der Waals surface area contributed by atoms with Gasteiger partial charge < -0.3 is 69.5 Å². The Morgan fingerprint density at radius 2 is 1.61 bits per heavy atom. The van der Waals surface area contributed by atoms with E-state index in [4.69, 9.17) is 28.4 Å². The van der Waals surface area contributed by atoms with E-state index < -0.39 is 134 Å². The van der Waals surface area contributed by atoms with Crippen LogP contribution in [0.1, 0.15) is 120 Å². The van der Waals surface area contributed by atoms with Crippen molar-refractivity contribution in [3.05, 3.63) is 29.8 Å². The number of likely N-dealkylation sites (tertiary alicyclic amines) is 1. The maximum atomic E-state index is 14.6. The van der Waals surface area contributed by atoms with Gasteiger partial charge in [-0.3, -0.25) is 9.59 Å². The van der Waals surface area contributed by atoms with Crippen LogP contribution in [0.2, 0.25) is 0 Å². The van der Waals surface area contributed by atoms with Crippen LogP contribution in [0.15, 0.2) is 29.2 Å². The monoisotopic (exact) mass is 1080 g/mol. The Morgan fingerprint density at radius 1 is 0.959 bits per heavy atom. The van der Waals surface area contributed by atoms with E-state index in [1.165, 1.54) is 34.9 Å². The molecular formula is C51H85F3N4O15S. The topological polar surface area (TPSA) is 255 Å². The molecule has 74 heavy (non-hydrogen) atoms. The maximum Gasteiger partial charge on any atom is 0.416 e. The summed E-state index contributed by atoms with van der Waals surface area (Å²) < 4.78 is 107. The number of aliphatic hydroxyl groups excluding tert-OH is 2. The fourth-order valence-corrected chi connectivity index (χ4v) is 12.7. The van der Waals surface area contributed by atoms with Gasteiger partial charge in [-0.15, -0.1) is 0 Å². The minimum absolute atomic E-state index is 0.00793. The van der Waals surface area contributed by atoms with E-state index in [0.717, 1.165) is 29.3 Å². The lowest BCUT2D eigenvalue weighted by atomic mass is 9.75. The second kappa shape index (κ2) is 24.6. The Kier molecular flexibility index (Phi) is 20.7. The quantitative estimate of drug-likeness (QED) is 0.104. The fraction of sp³-hybridized carbons (Fsp3) is 0.843. The number of piperidine rings is 1. The number of nitrogens with one attached hydrogen (secondary N) is 2. The number of carbonyl (C=O) groups excluding carboxylic acids is 2. The molecule has 1 aromatic carbocycles. The van der Waals surface area contributed by atoms with Gasteiger partial charge in [-0.25, -0.2) is 8.42 Å². The van der Waals surface area contributed by atoms with E-state index in [1.807, 2.05) is 6.92 Å². The largest absolute Gasteiger partial charge is 0.459 e. The lowest BCUT2D eigenvalue weighted by molar-refractivity contribution is -0.336. The van der Waals surface area contributed by atoms with Crippen LogP contribution in [-0.4, -0.2) is 192 Å². The number of carbonyl (C=O) groups is 2. The van der Waals surface area contributed by atoms with E-state index in [1.54, 1.807) is 46.4 Å². The average Bonchev–Trinajstić information content (AvgIpc) is 3.33. The summed E-state index contributed by atoms with van der Waals surface area (Å²) >= 11 is 0. The molecule has 19 nitrogen and oxygen atoms in total. The SMILES string of the molecule is CC[C@H]1OC(=O)[C@H](C)[C@@H](O[C@H]2C[C@@](C)(OC)[C@](O)(CNCCN3CCCCC3=O)[C@H](C)O2)[C@H](C)[C@@H](O[C@@H]2O[C@H](C)C[C@H](N(C)S(=O)(=O)c3ccc(C(F)(F)F)cc3)[C@H]2O)[C@](C)(O)C[C@@H](C)CN[C@H](C)[C@@H](O)[C@]1(C)O. The van der Waals surface area contributed by atoms with Crippen molar-refractivity contribution in [3.63, 3.8) is 0 Å². The van der Waals surface area contributed by atoms with Crippen LogP contribution in [0.3, 0.4) is 0 Å². The van der Waals surface area contributed by atoms with Crippen molar-refractivity contribution < 1.29 is 85.1 Å². The molecule has 7 N–H and O–H groups in total. The second-order valence-electron chi connectivity index (χ2n) is 22.1. The highest BCUT2D eigenvalue weighted by Crippen LogP contribution is 2.44. The van der Waals surface area contributed by atoms with Gasteiger partial charge in [0.1, 0.15) is 35.1 Å². The predicted molar refractivity (Wildman–Crippen MR) is 265 cm³/mol. The highest BCUT2D eigenvalue weighted by atomic mass is 32.2. The van der Waals surface area contributed by atoms with E-state index in [9.17, 15) is 56.7 Å². The van der Waals surface area contributed by atoms with Crippen molar-refractivity contribution in [2.45, 2.75) is 215 Å². The third-order valence-corrected chi connectivity index (χ3v) is 18.1. The highest BCUT2D eigenvalue weighted by molar-refractivity contribution is 7.89. The Bertz CT molecular complexity index is 2130. The summed E-state index contributed by atoms with van der Waals surface area (Å²) in [6.07, 6.45) is -14.2. The molecule has 23 heteroatoms. The van der Waals surface area contributed by atoms with Gasteiger partial charge >= 0.3 is 12.1 Å². The molecule has 426 valence electrons. The molecule has 1 aromatic rings. The van der Waals surface area contributed by atoms with Crippen LogP contribution < -0.4 is 10.6 Å². The fourth-order valence-electron chi connectivity index (χ4n) is 11.4. The Morgan fingerprint density at radius 3 is 2.20 bits per heavy atom. The van der Waals surface area contributed by atoms with Crippen molar-refractivity contribution >= 4 is 21.9 Å². The Labute approximate surface area is 435 Å². The number of methoxy groups -OCH3 is 1. The highest BCUT2D eigenvalue weighted by Gasteiger charge is 2.58. The number of halogens is 3. The zero-order valence-electron chi connectivity index (χ0n) is 45.1. The van der Waals surface area contributed by atoms with Gasteiger partial charge in [-0.1, -0.05) is 20.8 Å². The number of sulfonamides is 1. The van der Waals surface area contributed by atoms with Crippen LogP contribution in [0.4, 0.5) is 13.2 Å². The summed E-state index contributed by atoms with van der Waals surface area (Å²) in [5.74, 6) is -3.45. The van der Waals surface area contributed by atoms with Gasteiger partial charge in [0, 0.05) is 65.1 Å². The smallest absolute Gasteiger partial charge is 0.416 e. The van der Waals surface area contributed by atoms with Crippen LogP contribution in [0.5, 0.6) is 0 Å². The molecule has 4 aliphatic heterocycles. The molecule has 4 fully saturated rings. The first-order valence-electron chi connectivity index (χ1n) is 26.0. The van der Waals surface area contributed by atoms with Gasteiger partial charge in [-0.2, -0.15) is 17.5 Å². The number of esters is 1. The van der Waals surface area contributed by atoms with E-state index in [0.29, 0.717) is 38.2 Å². The number of likely N-dealkylation sites (N-methyl/N-ethyl adjacent to an activating group) is 1. The summed E-state index contributed by atoms with van der Waals surface area (Å²) in [5.41, 5.74) is -7.86. The van der Waals surface area contributed by atoms with E-state index in [-0.39, 0.29) is 50.6 Å². The molecular weight excluding hydrogens is 998 g/mol. The van der Waals surface area contributed by atoms with E-state index in [2.05, 4.69) is 10.6 Å². The molecule has 0 radical (unpaired) electrons. The lowest BCUT2D eigenvalue weighted by Crippen LogP contribution is -2.70. The number of rotatable bonds is 14. The number of hydrogen-bond acceptors (Lipinski definition) is 17. The number of benzene rings is 1. The molecule has 4 heterocycles. The Balaban J connectivity index is 1.52. The van der Waals surface area contributed by atoms with Crippen molar-refractivity contribution in [3.8, 4) is 0 Å². The molecule has 4 aliphatic rings. The molecule has 0 saturated carbocycles. The number of cyclic esters (lactones) is 1. The molecule has 0 aliphatic carbocycles. The average molecular weight is 1080 g/mol. The first-order chi connectivity index (χ1) is 34.2. The standard InChI is InChI=1S/C51H85F3N4O15S/c1-13-38-49(10,64)43(61)33(6)56-27-29(2)25-47(8,63)44(73-46-41(60)37(24-30(3)69-46)57(11)74(66,67)36-19-17-35(18-20-36)51(52,53)54)31(4)42(32(5)45(62)71-38)72-40-26-48(9,68-12)50(65,34(7)70-40)28-55-21-23-58-22-15-14-16-39(58)59/h17-20,29-34,37-38,40-44,46,55-56,60-61,63-65H,13-16,21-28H2,1-12H3/t29-,30-,31+,32-,33-,34+,37+,38-,40+,41-,42+,43-,44-,46+,47-,48-,49-,50+/m1/s1. The number of ether oxygens (including phenoxy) is 6. The van der Waals surface area contributed by atoms with E-state index >= 15 is 0 Å². The lowest BCUT2D eigenvalue weighted by Gasteiger charge is -2.53. The molecule has 0 spiro atoms. The normalized spacial score (nSPS) is 40.9. The van der Waals surface area contributed by atoms with Crippen LogP contribution in [-0.2, 0) is 54.2 Å². The maximum absolute atomic E-state index is 14.6. The molecule has 5 rings (SSSR count). The van der Waals surface area contributed by atoms with Crippen molar-refractivity contribution in [1.82, 2.24) is 19.8 Å². The summed E-state index contributed by atoms with van der Waals surface area (Å²) in [6.45, 7) is 18.0. The molecule has 18 atom stereocenters. The molecule has 1 amide bonds. The number of amides is 1. The first-order valence-corrected chi connectivity index (χ1v) is 27.5. The summed E-state index contributed by atoms with van der Waals surface area (Å²) in [5, 5.41) is 67.1. The van der Waals surface area contributed by atoms with Crippen LogP contribution in [0.25, 0.3) is 0 Å². The molecule has 0 aromatic heterocycles. The van der Waals surface area contributed by atoms with Gasteiger partial charge in [-0.05, 0) is 117 Å². The summed E-state index contributed by atoms with van der Waals surface area (Å²) in [6, 6.07) is 1.01. The number of hydrogen-bond donors (Lipinski definition) is 7. The number of aliphatic hydroxyl groups is 5. The van der Waals surface area contributed by atoms with Gasteiger partial charge in [0.05, 0.1) is 52.4 Å². The minimum Gasteiger partial charge on any atom is -0.459 e. The van der Waals surface area contributed by atoms with Crippen molar-refractivity contribution in [2.75, 3.05) is 46.9 Å². The second-order valence-corrected chi connectivity index (χ2v) is 24.1. The van der Waals surface area contributed by atoms with Crippen molar-refractivity contribution in [1.29, 1.82) is 0 Å². The molecule has 4 saturated heterocycles. The zero-order chi connectivity index (χ0) is 55.5. The number of nitrogens with zero attached hydrogens (tertiary/aromatic N) is 2. The predicted octanol–water partition coefficient (Wildman–Crippen LogP) is 3.31. The zero-order valence-corrected chi connectivity index (χ0v) is 45.9. The Hall–Kier alpha value is -2.62. The molecule has 0 bridgehead atoms. The summed E-state index contributed by atoms with van der Waals surface area (Å²) in [7, 11) is -1.89. The third-order valence-electron chi connectivity index (χ3n) is 16.2. The molecule has 0 unspecified atom stereocenters. The van der Waals surface area contributed by atoms with Gasteiger partial charge in [0.25, 0.3) is 0 Å². The third kappa shape index (κ3) is 13.8. The van der Waals surface area contributed by atoms with Gasteiger partial charge in [0.15, 0.2) is 12.6 Å². The van der Waals surface area contributed by atoms with Gasteiger partial charge in [0.2, 0.25) is 15.9 Å². The summed E-state index contributed by atoms with van der Waals surface area (Å²) in [4.78, 5) is 28.4. The van der Waals surface area contributed by atoms with Crippen LogP contribution in [0, 0.1) is 17.8 Å². The van der Waals surface area contributed by atoms with Crippen molar-refractivity contribution in [2.24, 2.45) is 17.8 Å². The number of alkyl halides is 3. The van der Waals surface area contributed by atoms with Crippen LogP contribution >= 0.6 is 0 Å². The first kappa shape index (κ1) is 62.2. The minimum atomic E-state index is -4.71.